The van der Waals surface area contributed by atoms with Crippen molar-refractivity contribution in [2.75, 3.05) is 0 Å². The molecule has 0 aliphatic rings. The van der Waals surface area contributed by atoms with Gasteiger partial charge in [0.2, 0.25) is 0 Å². The Kier molecular flexibility index (Phi) is 2.54. The zero-order valence-electron chi connectivity index (χ0n) is 8.01. The van der Waals surface area contributed by atoms with Crippen LogP contribution in [0.2, 0.25) is 0 Å². The van der Waals surface area contributed by atoms with E-state index in [1.807, 2.05) is 0 Å². The SMILES string of the molecule is Cc1sc(CO)nc1C(C)(C)C. The second-order valence-electron chi connectivity index (χ2n) is 3.92. The summed E-state index contributed by atoms with van der Waals surface area (Å²) >= 11 is 1.58. The highest BCUT2D eigenvalue weighted by atomic mass is 32.1. The van der Waals surface area contributed by atoms with E-state index >= 15 is 0 Å². The van der Waals surface area contributed by atoms with Gasteiger partial charge in [-0.05, 0) is 6.92 Å². The van der Waals surface area contributed by atoms with E-state index < -0.39 is 0 Å². The summed E-state index contributed by atoms with van der Waals surface area (Å²) in [6, 6.07) is 0. The maximum Gasteiger partial charge on any atom is 0.119 e. The fourth-order valence-corrected chi connectivity index (χ4v) is 2.22. The van der Waals surface area contributed by atoms with E-state index in [4.69, 9.17) is 5.11 Å². The number of aromatic nitrogens is 1. The third-order valence-electron chi connectivity index (χ3n) is 1.69. The van der Waals surface area contributed by atoms with Crippen molar-refractivity contribution in [3.05, 3.63) is 15.6 Å². The lowest BCUT2D eigenvalue weighted by Gasteiger charge is -2.16. The van der Waals surface area contributed by atoms with Gasteiger partial charge in [0.15, 0.2) is 0 Å². The van der Waals surface area contributed by atoms with Crippen LogP contribution in [0.15, 0.2) is 0 Å². The minimum atomic E-state index is 0.0571. The molecule has 1 aromatic rings. The molecule has 0 fully saturated rings. The van der Waals surface area contributed by atoms with Crippen LogP contribution in [0.4, 0.5) is 0 Å². The van der Waals surface area contributed by atoms with E-state index in [-0.39, 0.29) is 12.0 Å². The first-order valence-corrected chi connectivity index (χ1v) is 4.84. The molecule has 1 aromatic heterocycles. The first-order valence-electron chi connectivity index (χ1n) is 4.03. The highest BCUT2D eigenvalue weighted by Crippen LogP contribution is 2.28. The molecule has 0 atom stereocenters. The second kappa shape index (κ2) is 3.15. The predicted molar refractivity (Wildman–Crippen MR) is 51.5 cm³/mol. The maximum atomic E-state index is 8.89. The summed E-state index contributed by atoms with van der Waals surface area (Å²) in [5.41, 5.74) is 1.20. The van der Waals surface area contributed by atoms with Crippen molar-refractivity contribution in [3.63, 3.8) is 0 Å². The van der Waals surface area contributed by atoms with Crippen LogP contribution in [0.3, 0.4) is 0 Å². The number of aryl methyl sites for hydroxylation is 1. The third-order valence-corrected chi connectivity index (χ3v) is 2.64. The molecule has 3 heteroatoms. The van der Waals surface area contributed by atoms with E-state index in [0.29, 0.717) is 0 Å². The summed E-state index contributed by atoms with van der Waals surface area (Å²) in [6.07, 6.45) is 0. The van der Waals surface area contributed by atoms with Gasteiger partial charge in [-0.1, -0.05) is 20.8 Å². The number of thiazole rings is 1. The minimum Gasteiger partial charge on any atom is -0.389 e. The smallest absolute Gasteiger partial charge is 0.119 e. The van der Waals surface area contributed by atoms with Gasteiger partial charge in [0.05, 0.1) is 12.3 Å². The Morgan fingerprint density at radius 2 is 2.00 bits per heavy atom. The molecule has 0 aromatic carbocycles. The molecular formula is C9H15NOS. The van der Waals surface area contributed by atoms with Crippen molar-refractivity contribution in [2.45, 2.75) is 39.7 Å². The largest absolute Gasteiger partial charge is 0.389 e. The molecule has 1 rings (SSSR count). The van der Waals surface area contributed by atoms with E-state index in [1.54, 1.807) is 11.3 Å². The first-order chi connectivity index (χ1) is 5.45. The molecule has 0 bridgehead atoms. The van der Waals surface area contributed by atoms with Crippen LogP contribution in [-0.4, -0.2) is 10.1 Å². The van der Waals surface area contributed by atoms with Crippen molar-refractivity contribution in [3.8, 4) is 0 Å². The topological polar surface area (TPSA) is 33.1 Å². The average Bonchev–Trinajstić information content (AvgIpc) is 2.29. The van der Waals surface area contributed by atoms with Gasteiger partial charge in [0.25, 0.3) is 0 Å². The Labute approximate surface area is 77.3 Å². The lowest BCUT2D eigenvalue weighted by Crippen LogP contribution is -2.13. The summed E-state index contributed by atoms with van der Waals surface area (Å²) in [5, 5.41) is 9.71. The van der Waals surface area contributed by atoms with E-state index in [1.165, 1.54) is 4.88 Å². The van der Waals surface area contributed by atoms with E-state index in [0.717, 1.165) is 10.7 Å². The fourth-order valence-electron chi connectivity index (χ4n) is 1.21. The standard InChI is InChI=1S/C9H15NOS/c1-6-8(9(2,3)4)10-7(5-11)12-6/h11H,5H2,1-4H3. The maximum absolute atomic E-state index is 8.89. The van der Waals surface area contributed by atoms with Gasteiger partial charge in [0, 0.05) is 10.3 Å². The Morgan fingerprint density at radius 1 is 1.42 bits per heavy atom. The molecular weight excluding hydrogens is 170 g/mol. The molecule has 12 heavy (non-hydrogen) atoms. The Hall–Kier alpha value is -0.410. The highest BCUT2D eigenvalue weighted by molar-refractivity contribution is 7.11. The number of aliphatic hydroxyl groups excluding tert-OH is 1. The number of hydrogen-bond donors (Lipinski definition) is 1. The molecule has 68 valence electrons. The van der Waals surface area contributed by atoms with Gasteiger partial charge in [-0.25, -0.2) is 4.98 Å². The van der Waals surface area contributed by atoms with Crippen LogP contribution in [0, 0.1) is 6.92 Å². The van der Waals surface area contributed by atoms with Crippen molar-refractivity contribution >= 4 is 11.3 Å². The summed E-state index contributed by atoms with van der Waals surface area (Å²) in [7, 11) is 0. The quantitative estimate of drug-likeness (QED) is 0.728. The summed E-state index contributed by atoms with van der Waals surface area (Å²) in [5.74, 6) is 0. The van der Waals surface area contributed by atoms with Gasteiger partial charge in [-0.2, -0.15) is 0 Å². The molecule has 0 amide bonds. The fraction of sp³-hybridized carbons (Fsp3) is 0.667. The predicted octanol–water partition coefficient (Wildman–Crippen LogP) is 2.24. The zero-order chi connectivity index (χ0) is 9.35. The van der Waals surface area contributed by atoms with Crippen LogP contribution in [-0.2, 0) is 12.0 Å². The van der Waals surface area contributed by atoms with Crippen molar-refractivity contribution < 1.29 is 5.11 Å². The zero-order valence-corrected chi connectivity index (χ0v) is 8.83. The normalized spacial score (nSPS) is 12.1. The van der Waals surface area contributed by atoms with Gasteiger partial charge in [-0.3, -0.25) is 0 Å². The third kappa shape index (κ3) is 1.84. The molecule has 1 N–H and O–H groups in total. The minimum absolute atomic E-state index is 0.0571. The molecule has 0 saturated carbocycles. The summed E-state index contributed by atoms with van der Waals surface area (Å²) in [6.45, 7) is 8.52. The average molecular weight is 185 g/mol. The number of aliphatic hydroxyl groups is 1. The van der Waals surface area contributed by atoms with Crippen LogP contribution < -0.4 is 0 Å². The van der Waals surface area contributed by atoms with E-state index in [9.17, 15) is 0 Å². The Bertz CT molecular complexity index is 273. The Balaban J connectivity index is 3.08. The second-order valence-corrected chi connectivity index (χ2v) is 5.21. The van der Waals surface area contributed by atoms with Gasteiger partial charge in [-0.15, -0.1) is 11.3 Å². The van der Waals surface area contributed by atoms with Crippen LogP contribution in [0.1, 0.15) is 36.3 Å². The van der Waals surface area contributed by atoms with Crippen molar-refractivity contribution in [1.29, 1.82) is 0 Å². The lowest BCUT2D eigenvalue weighted by atomic mass is 9.92. The molecule has 0 aliphatic carbocycles. The molecule has 0 unspecified atom stereocenters. The van der Waals surface area contributed by atoms with Crippen molar-refractivity contribution in [2.24, 2.45) is 0 Å². The van der Waals surface area contributed by atoms with Crippen LogP contribution in [0.25, 0.3) is 0 Å². The van der Waals surface area contributed by atoms with Crippen LogP contribution >= 0.6 is 11.3 Å². The monoisotopic (exact) mass is 185 g/mol. The van der Waals surface area contributed by atoms with Gasteiger partial charge >= 0.3 is 0 Å². The Morgan fingerprint density at radius 3 is 2.25 bits per heavy atom. The number of rotatable bonds is 1. The molecule has 0 radical (unpaired) electrons. The number of nitrogens with zero attached hydrogens (tertiary/aromatic N) is 1. The summed E-state index contributed by atoms with van der Waals surface area (Å²) < 4.78 is 0. The molecule has 0 saturated heterocycles. The van der Waals surface area contributed by atoms with Gasteiger partial charge in [0.1, 0.15) is 5.01 Å². The van der Waals surface area contributed by atoms with Gasteiger partial charge < -0.3 is 5.11 Å². The molecule has 2 nitrogen and oxygen atoms in total. The molecule has 0 aliphatic heterocycles. The molecule has 1 heterocycles. The number of hydrogen-bond acceptors (Lipinski definition) is 3. The highest BCUT2D eigenvalue weighted by Gasteiger charge is 2.20. The lowest BCUT2D eigenvalue weighted by molar-refractivity contribution is 0.280. The summed E-state index contributed by atoms with van der Waals surface area (Å²) in [4.78, 5) is 5.58. The first kappa shape index (κ1) is 9.68. The van der Waals surface area contributed by atoms with Crippen molar-refractivity contribution in [1.82, 2.24) is 4.98 Å². The van der Waals surface area contributed by atoms with E-state index in [2.05, 4.69) is 32.7 Å². The molecule has 0 spiro atoms. The van der Waals surface area contributed by atoms with Crippen LogP contribution in [0.5, 0.6) is 0 Å².